The van der Waals surface area contributed by atoms with Gasteiger partial charge in [0.25, 0.3) is 5.91 Å². The predicted molar refractivity (Wildman–Crippen MR) is 82.0 cm³/mol. The second-order valence-corrected chi connectivity index (χ2v) is 5.76. The van der Waals surface area contributed by atoms with E-state index in [1.165, 1.54) is 0 Å². The first kappa shape index (κ1) is 19.7. The topological polar surface area (TPSA) is 105 Å². The van der Waals surface area contributed by atoms with Gasteiger partial charge in [0.05, 0.1) is 0 Å². The van der Waals surface area contributed by atoms with E-state index in [-0.39, 0.29) is 43.1 Å². The Morgan fingerprint density at radius 3 is 2.52 bits per heavy atom. The summed E-state index contributed by atoms with van der Waals surface area (Å²) in [6, 6.07) is -0.392. The normalized spacial score (nSPS) is 18.0. The van der Waals surface area contributed by atoms with Crippen LogP contribution in [0.4, 0.5) is 4.79 Å². The number of nitrogens with one attached hydrogen (secondary N) is 2. The maximum atomic E-state index is 11.9. The number of hydrogen-bond acceptors (Lipinski definition) is 4. The van der Waals surface area contributed by atoms with Gasteiger partial charge in [0.1, 0.15) is 5.54 Å². The predicted octanol–water partition coefficient (Wildman–Crippen LogP) is 0.230. The zero-order chi connectivity index (χ0) is 15.3. The number of nitrogens with two attached hydrogens (primary N) is 1. The van der Waals surface area contributed by atoms with Crippen molar-refractivity contribution in [3.8, 4) is 0 Å². The summed E-state index contributed by atoms with van der Waals surface area (Å²) in [5.74, 6) is -0.0954. The summed E-state index contributed by atoms with van der Waals surface area (Å²) < 4.78 is 0. The Morgan fingerprint density at radius 1 is 1.43 bits per heavy atom. The summed E-state index contributed by atoms with van der Waals surface area (Å²) in [6.07, 6.45) is 0.743. The summed E-state index contributed by atoms with van der Waals surface area (Å²) in [5, 5.41) is 5.38. The maximum absolute atomic E-state index is 11.9. The van der Waals surface area contributed by atoms with E-state index in [9.17, 15) is 14.4 Å². The molecule has 1 heterocycles. The molecule has 0 aromatic heterocycles. The van der Waals surface area contributed by atoms with E-state index in [1.54, 1.807) is 13.8 Å². The van der Waals surface area contributed by atoms with Gasteiger partial charge in [-0.05, 0) is 32.7 Å². The quantitative estimate of drug-likeness (QED) is 0.584. The summed E-state index contributed by atoms with van der Waals surface area (Å²) in [5.41, 5.74) is 4.61. The molecule has 0 aliphatic carbocycles. The Balaban J connectivity index is 0.00000400. The van der Waals surface area contributed by atoms with Crippen molar-refractivity contribution in [3.63, 3.8) is 0 Å². The van der Waals surface area contributed by atoms with Gasteiger partial charge < -0.3 is 16.4 Å². The minimum absolute atomic E-state index is 0. The lowest BCUT2D eigenvalue weighted by Crippen LogP contribution is -2.40. The molecule has 7 nitrogen and oxygen atoms in total. The molecule has 1 atom stereocenters. The van der Waals surface area contributed by atoms with Crippen molar-refractivity contribution in [2.45, 2.75) is 39.2 Å². The molecule has 21 heavy (non-hydrogen) atoms. The van der Waals surface area contributed by atoms with Crippen LogP contribution in [0.25, 0.3) is 0 Å². The van der Waals surface area contributed by atoms with Crippen LogP contribution >= 0.6 is 12.4 Å². The number of nitrogens with zero attached hydrogens (tertiary/aromatic N) is 1. The Bertz CT molecular complexity index is 401. The minimum Gasteiger partial charge on any atom is -0.356 e. The zero-order valence-corrected chi connectivity index (χ0v) is 13.6. The molecule has 0 saturated carbocycles. The smallest absolute Gasteiger partial charge is 0.325 e. The van der Waals surface area contributed by atoms with Gasteiger partial charge in [0.2, 0.25) is 5.91 Å². The molecule has 8 heteroatoms. The molecule has 1 fully saturated rings. The van der Waals surface area contributed by atoms with E-state index in [4.69, 9.17) is 5.73 Å². The highest BCUT2D eigenvalue weighted by molar-refractivity contribution is 6.06. The second-order valence-electron chi connectivity index (χ2n) is 5.76. The molecule has 4 N–H and O–H groups in total. The third-order valence-corrected chi connectivity index (χ3v) is 3.28. The molecule has 0 aromatic rings. The van der Waals surface area contributed by atoms with Gasteiger partial charge in [-0.1, -0.05) is 6.92 Å². The Hall–Kier alpha value is -1.34. The van der Waals surface area contributed by atoms with E-state index in [2.05, 4.69) is 10.6 Å². The van der Waals surface area contributed by atoms with Crippen LogP contribution in [0.1, 0.15) is 33.6 Å². The third kappa shape index (κ3) is 5.51. The summed E-state index contributed by atoms with van der Waals surface area (Å²) in [4.78, 5) is 36.2. The van der Waals surface area contributed by atoms with Gasteiger partial charge in [-0.25, -0.2) is 4.79 Å². The van der Waals surface area contributed by atoms with Crippen LogP contribution in [0, 0.1) is 5.92 Å². The molecule has 0 aromatic carbocycles. The molecule has 0 bridgehead atoms. The Morgan fingerprint density at radius 2 is 2.05 bits per heavy atom. The van der Waals surface area contributed by atoms with Crippen molar-refractivity contribution in [2.75, 3.05) is 19.6 Å². The maximum Gasteiger partial charge on any atom is 0.325 e. The highest BCUT2D eigenvalue weighted by Crippen LogP contribution is 2.16. The molecule has 1 saturated heterocycles. The number of carbonyl (C=O) groups is 3. The Kier molecular flexibility index (Phi) is 7.67. The molecule has 1 rings (SSSR count). The van der Waals surface area contributed by atoms with Crippen molar-refractivity contribution < 1.29 is 14.4 Å². The number of hydrogen-bond donors (Lipinski definition) is 3. The van der Waals surface area contributed by atoms with Crippen LogP contribution in [-0.4, -0.2) is 47.9 Å². The Labute approximate surface area is 131 Å². The van der Waals surface area contributed by atoms with Crippen molar-refractivity contribution >= 4 is 30.3 Å². The van der Waals surface area contributed by atoms with Gasteiger partial charge in [-0.2, -0.15) is 0 Å². The number of imide groups is 1. The molecular formula is C13H25ClN4O3. The third-order valence-electron chi connectivity index (χ3n) is 3.28. The van der Waals surface area contributed by atoms with Crippen LogP contribution in [0.15, 0.2) is 0 Å². The van der Waals surface area contributed by atoms with Gasteiger partial charge in [0.15, 0.2) is 0 Å². The first-order valence-electron chi connectivity index (χ1n) is 6.89. The van der Waals surface area contributed by atoms with Crippen LogP contribution < -0.4 is 16.4 Å². The van der Waals surface area contributed by atoms with Crippen molar-refractivity contribution in [1.29, 1.82) is 0 Å². The molecule has 4 amide bonds. The van der Waals surface area contributed by atoms with Crippen LogP contribution in [0.2, 0.25) is 0 Å². The van der Waals surface area contributed by atoms with Gasteiger partial charge in [-0.3, -0.25) is 14.5 Å². The molecule has 1 aliphatic heterocycles. The van der Waals surface area contributed by atoms with Crippen molar-refractivity contribution in [1.82, 2.24) is 15.5 Å². The lowest BCUT2D eigenvalue weighted by molar-refractivity contribution is -0.130. The van der Waals surface area contributed by atoms with E-state index in [0.29, 0.717) is 19.5 Å². The molecule has 0 radical (unpaired) electrons. The first-order chi connectivity index (χ1) is 9.27. The van der Waals surface area contributed by atoms with E-state index < -0.39 is 11.6 Å². The largest absolute Gasteiger partial charge is 0.356 e. The highest BCUT2D eigenvalue weighted by atomic mass is 35.5. The average molecular weight is 321 g/mol. The average Bonchev–Trinajstić information content (AvgIpc) is 2.57. The number of urea groups is 1. The minimum atomic E-state index is -0.851. The number of amides is 4. The fraction of sp³-hybridized carbons (Fsp3) is 0.769. The van der Waals surface area contributed by atoms with E-state index in [1.807, 2.05) is 6.92 Å². The monoisotopic (exact) mass is 320 g/mol. The molecule has 1 aliphatic rings. The SMILES string of the molecule is CC(CN)CNC(=O)CCCN1C(=O)NC(C)(C)C1=O.Cl. The summed E-state index contributed by atoms with van der Waals surface area (Å²) in [6.45, 7) is 6.61. The number of carbonyl (C=O) groups excluding carboxylic acids is 3. The number of halogens is 1. The van der Waals surface area contributed by atoms with Crippen LogP contribution in [0.5, 0.6) is 0 Å². The molecule has 0 spiro atoms. The van der Waals surface area contributed by atoms with Gasteiger partial charge >= 0.3 is 6.03 Å². The van der Waals surface area contributed by atoms with E-state index in [0.717, 1.165) is 4.90 Å². The van der Waals surface area contributed by atoms with E-state index >= 15 is 0 Å². The fourth-order valence-corrected chi connectivity index (χ4v) is 1.88. The fourth-order valence-electron chi connectivity index (χ4n) is 1.88. The second kappa shape index (κ2) is 8.19. The summed E-state index contributed by atoms with van der Waals surface area (Å²) >= 11 is 0. The van der Waals surface area contributed by atoms with Crippen LogP contribution in [0.3, 0.4) is 0 Å². The zero-order valence-electron chi connectivity index (χ0n) is 12.8. The lowest BCUT2D eigenvalue weighted by Gasteiger charge is -2.16. The molecule has 1 unspecified atom stereocenters. The molecular weight excluding hydrogens is 296 g/mol. The summed E-state index contributed by atoms with van der Waals surface area (Å²) in [7, 11) is 0. The van der Waals surface area contributed by atoms with Crippen LogP contribution in [-0.2, 0) is 9.59 Å². The first-order valence-corrected chi connectivity index (χ1v) is 6.89. The standard InChI is InChI=1S/C13H24N4O3.ClH/c1-9(7-14)8-15-10(18)5-4-6-17-11(19)13(2,3)16-12(17)20;/h9H,4-8,14H2,1-3H3,(H,15,18)(H,16,20);1H. The van der Waals surface area contributed by atoms with Gasteiger partial charge in [0, 0.05) is 19.5 Å². The van der Waals surface area contributed by atoms with Gasteiger partial charge in [-0.15, -0.1) is 12.4 Å². The van der Waals surface area contributed by atoms with Crippen molar-refractivity contribution in [2.24, 2.45) is 11.7 Å². The molecule has 122 valence electrons. The van der Waals surface area contributed by atoms with Crippen molar-refractivity contribution in [3.05, 3.63) is 0 Å². The lowest BCUT2D eigenvalue weighted by atomic mass is 10.1. The highest BCUT2D eigenvalue weighted by Gasteiger charge is 2.43. The number of rotatable bonds is 7.